The SMILES string of the molecule is COCCN1Cc2nnc(-c3nccn3C)n2[C@@H](C)C1=O. The lowest BCUT2D eigenvalue weighted by atomic mass is 10.2. The average molecular weight is 290 g/mol. The van der Waals surface area contributed by atoms with Gasteiger partial charge in [-0.3, -0.25) is 9.36 Å². The van der Waals surface area contributed by atoms with Crippen molar-refractivity contribution in [2.45, 2.75) is 19.5 Å². The third-order valence-electron chi connectivity index (χ3n) is 3.74. The van der Waals surface area contributed by atoms with E-state index < -0.39 is 0 Å². The number of imidazole rings is 1. The van der Waals surface area contributed by atoms with E-state index >= 15 is 0 Å². The van der Waals surface area contributed by atoms with Crippen molar-refractivity contribution in [3.8, 4) is 11.6 Å². The van der Waals surface area contributed by atoms with Gasteiger partial charge >= 0.3 is 0 Å². The van der Waals surface area contributed by atoms with E-state index in [-0.39, 0.29) is 11.9 Å². The fraction of sp³-hybridized carbons (Fsp3) is 0.538. The van der Waals surface area contributed by atoms with Crippen molar-refractivity contribution >= 4 is 5.91 Å². The minimum atomic E-state index is -0.340. The third-order valence-corrected chi connectivity index (χ3v) is 3.74. The average Bonchev–Trinajstić information content (AvgIpc) is 3.07. The number of hydrogen-bond acceptors (Lipinski definition) is 5. The second-order valence-electron chi connectivity index (χ2n) is 5.10. The summed E-state index contributed by atoms with van der Waals surface area (Å²) in [5.74, 6) is 2.16. The quantitative estimate of drug-likeness (QED) is 0.805. The molecule has 0 bridgehead atoms. The Morgan fingerprint density at radius 3 is 2.86 bits per heavy atom. The molecule has 1 atom stereocenters. The van der Waals surface area contributed by atoms with E-state index in [1.807, 2.05) is 29.3 Å². The van der Waals surface area contributed by atoms with E-state index in [0.717, 1.165) is 5.82 Å². The van der Waals surface area contributed by atoms with Crippen LogP contribution in [-0.4, -0.2) is 55.4 Å². The maximum atomic E-state index is 12.5. The molecule has 0 N–H and O–H groups in total. The fourth-order valence-corrected chi connectivity index (χ4v) is 2.59. The molecule has 0 unspecified atom stereocenters. The first-order valence-corrected chi connectivity index (χ1v) is 6.82. The van der Waals surface area contributed by atoms with E-state index in [0.29, 0.717) is 31.3 Å². The van der Waals surface area contributed by atoms with Crippen molar-refractivity contribution in [1.82, 2.24) is 29.2 Å². The van der Waals surface area contributed by atoms with Crippen molar-refractivity contribution in [3.63, 3.8) is 0 Å². The number of nitrogens with zero attached hydrogens (tertiary/aromatic N) is 6. The van der Waals surface area contributed by atoms with Crippen molar-refractivity contribution in [1.29, 1.82) is 0 Å². The molecule has 21 heavy (non-hydrogen) atoms. The molecule has 0 aromatic carbocycles. The molecular formula is C13H18N6O2. The van der Waals surface area contributed by atoms with Crippen molar-refractivity contribution in [2.24, 2.45) is 7.05 Å². The van der Waals surface area contributed by atoms with Crippen LogP contribution in [0.15, 0.2) is 12.4 Å². The van der Waals surface area contributed by atoms with Crippen LogP contribution in [0.25, 0.3) is 11.6 Å². The van der Waals surface area contributed by atoms with Crippen LogP contribution in [0.2, 0.25) is 0 Å². The number of rotatable bonds is 4. The van der Waals surface area contributed by atoms with Crippen molar-refractivity contribution in [3.05, 3.63) is 18.2 Å². The molecule has 1 amide bonds. The smallest absolute Gasteiger partial charge is 0.245 e. The number of fused-ring (bicyclic) bond motifs is 1. The van der Waals surface area contributed by atoms with Crippen LogP contribution in [-0.2, 0) is 23.1 Å². The first kappa shape index (κ1) is 13.7. The summed E-state index contributed by atoms with van der Waals surface area (Å²) in [6.45, 7) is 3.38. The lowest BCUT2D eigenvalue weighted by Gasteiger charge is -2.31. The van der Waals surface area contributed by atoms with Gasteiger partial charge in [-0.05, 0) is 6.92 Å². The topological polar surface area (TPSA) is 78.1 Å². The summed E-state index contributed by atoms with van der Waals surface area (Å²) in [7, 11) is 3.52. The molecule has 0 spiro atoms. The summed E-state index contributed by atoms with van der Waals surface area (Å²) in [5.41, 5.74) is 0. The predicted molar refractivity (Wildman–Crippen MR) is 74.2 cm³/mol. The van der Waals surface area contributed by atoms with Crippen LogP contribution in [0.4, 0.5) is 0 Å². The Kier molecular flexibility index (Phi) is 3.46. The second kappa shape index (κ2) is 5.28. The molecule has 0 fully saturated rings. The molecule has 2 aromatic rings. The maximum Gasteiger partial charge on any atom is 0.245 e. The van der Waals surface area contributed by atoms with Gasteiger partial charge in [-0.1, -0.05) is 0 Å². The second-order valence-corrected chi connectivity index (χ2v) is 5.10. The normalized spacial score (nSPS) is 18.1. The van der Waals surface area contributed by atoms with Crippen LogP contribution < -0.4 is 0 Å². The number of carbonyl (C=O) groups is 1. The van der Waals surface area contributed by atoms with Gasteiger partial charge in [0.2, 0.25) is 11.7 Å². The highest BCUT2D eigenvalue weighted by Gasteiger charge is 2.33. The number of aromatic nitrogens is 5. The van der Waals surface area contributed by atoms with E-state index in [9.17, 15) is 4.79 Å². The van der Waals surface area contributed by atoms with Gasteiger partial charge in [0.25, 0.3) is 0 Å². The zero-order valence-electron chi connectivity index (χ0n) is 12.4. The first-order valence-electron chi connectivity index (χ1n) is 6.82. The third kappa shape index (κ3) is 2.21. The molecule has 1 aliphatic rings. The van der Waals surface area contributed by atoms with Crippen LogP contribution in [0, 0.1) is 0 Å². The molecule has 3 heterocycles. The summed E-state index contributed by atoms with van der Waals surface area (Å²) in [5, 5.41) is 8.44. The maximum absolute atomic E-state index is 12.5. The molecule has 2 aromatic heterocycles. The lowest BCUT2D eigenvalue weighted by molar-refractivity contribution is -0.137. The lowest BCUT2D eigenvalue weighted by Crippen LogP contribution is -2.43. The van der Waals surface area contributed by atoms with E-state index in [1.54, 1.807) is 18.2 Å². The van der Waals surface area contributed by atoms with Crippen molar-refractivity contribution < 1.29 is 9.53 Å². The van der Waals surface area contributed by atoms with Crippen molar-refractivity contribution in [2.75, 3.05) is 20.3 Å². The Hall–Kier alpha value is -2.22. The van der Waals surface area contributed by atoms with Gasteiger partial charge in [0.05, 0.1) is 13.2 Å². The summed E-state index contributed by atoms with van der Waals surface area (Å²) >= 11 is 0. The number of carbonyl (C=O) groups excluding carboxylic acids is 1. The Labute approximate surface area is 122 Å². The largest absolute Gasteiger partial charge is 0.383 e. The molecule has 8 heteroatoms. The first-order chi connectivity index (χ1) is 10.1. The molecule has 0 aliphatic carbocycles. The predicted octanol–water partition coefficient (Wildman–Crippen LogP) is 0.228. The Morgan fingerprint density at radius 1 is 1.38 bits per heavy atom. The van der Waals surface area contributed by atoms with Gasteiger partial charge in [0.15, 0.2) is 11.6 Å². The highest BCUT2D eigenvalue weighted by Crippen LogP contribution is 2.27. The van der Waals surface area contributed by atoms with Gasteiger partial charge < -0.3 is 14.2 Å². The highest BCUT2D eigenvalue weighted by molar-refractivity contribution is 5.81. The summed E-state index contributed by atoms with van der Waals surface area (Å²) in [6.07, 6.45) is 3.55. The summed E-state index contributed by atoms with van der Waals surface area (Å²) in [4.78, 5) is 18.5. The van der Waals surface area contributed by atoms with Crippen LogP contribution in [0.1, 0.15) is 18.8 Å². The van der Waals surface area contributed by atoms with Gasteiger partial charge in [-0.2, -0.15) is 0 Å². The van der Waals surface area contributed by atoms with Crippen LogP contribution >= 0.6 is 0 Å². The molecule has 0 radical (unpaired) electrons. The standard InChI is InChI=1S/C13H18N6O2/c1-9-13(20)18(6-7-21-3)8-10-15-16-12(19(9)10)11-14-4-5-17(11)2/h4-5,9H,6-8H2,1-3H3/t9-/m0/s1. The van der Waals surface area contributed by atoms with Gasteiger partial charge in [-0.15, -0.1) is 10.2 Å². The summed E-state index contributed by atoms with van der Waals surface area (Å²) in [6, 6.07) is -0.340. The van der Waals surface area contributed by atoms with Crippen LogP contribution in [0.3, 0.4) is 0 Å². The van der Waals surface area contributed by atoms with E-state index in [2.05, 4.69) is 15.2 Å². The summed E-state index contributed by atoms with van der Waals surface area (Å²) < 4.78 is 8.78. The number of hydrogen-bond donors (Lipinski definition) is 0. The zero-order chi connectivity index (χ0) is 15.0. The monoisotopic (exact) mass is 290 g/mol. The molecule has 8 nitrogen and oxygen atoms in total. The number of aryl methyl sites for hydroxylation is 1. The molecule has 112 valence electrons. The van der Waals surface area contributed by atoms with E-state index in [4.69, 9.17) is 4.74 Å². The minimum Gasteiger partial charge on any atom is -0.383 e. The molecule has 3 rings (SSSR count). The Balaban J connectivity index is 1.97. The molecule has 1 aliphatic heterocycles. The number of ether oxygens (including phenoxy) is 1. The fourth-order valence-electron chi connectivity index (χ4n) is 2.59. The molecule has 0 saturated carbocycles. The van der Waals surface area contributed by atoms with Gasteiger partial charge in [0.1, 0.15) is 6.04 Å². The van der Waals surface area contributed by atoms with Gasteiger partial charge in [0, 0.05) is 33.1 Å². The number of methoxy groups -OCH3 is 1. The number of amides is 1. The Bertz CT molecular complexity index is 661. The highest BCUT2D eigenvalue weighted by atomic mass is 16.5. The van der Waals surface area contributed by atoms with Crippen LogP contribution in [0.5, 0.6) is 0 Å². The Morgan fingerprint density at radius 2 is 2.19 bits per heavy atom. The minimum absolute atomic E-state index is 0.0507. The molecular weight excluding hydrogens is 272 g/mol. The van der Waals surface area contributed by atoms with E-state index in [1.165, 1.54) is 0 Å². The van der Waals surface area contributed by atoms with Gasteiger partial charge in [-0.25, -0.2) is 4.98 Å². The zero-order valence-corrected chi connectivity index (χ0v) is 12.4. The molecule has 0 saturated heterocycles.